The van der Waals surface area contributed by atoms with Gasteiger partial charge in [-0.25, -0.2) is 4.79 Å². The number of ketones is 1. The number of ether oxygens (including phenoxy) is 3. The third-order valence-corrected chi connectivity index (χ3v) is 6.81. The van der Waals surface area contributed by atoms with E-state index in [1.165, 1.54) is 7.11 Å². The summed E-state index contributed by atoms with van der Waals surface area (Å²) in [7, 11) is 2.93. The van der Waals surface area contributed by atoms with E-state index in [4.69, 9.17) is 25.8 Å². The number of Topliss-reactive ketones (excluding diaryl/α,β-unsaturated/α-hetero) is 1. The van der Waals surface area contributed by atoms with Crippen LogP contribution >= 0.6 is 11.6 Å². The van der Waals surface area contributed by atoms with Crippen LogP contribution in [0.3, 0.4) is 0 Å². The molecule has 4 rings (SSSR count). The lowest BCUT2D eigenvalue weighted by Gasteiger charge is -2.36. The average molecular weight is 496 g/mol. The first-order valence-electron chi connectivity index (χ1n) is 11.8. The number of hydrogen-bond donors (Lipinski definition) is 1. The zero-order valence-electron chi connectivity index (χ0n) is 20.4. The van der Waals surface area contributed by atoms with Gasteiger partial charge < -0.3 is 19.5 Å². The van der Waals surface area contributed by atoms with E-state index >= 15 is 0 Å². The van der Waals surface area contributed by atoms with E-state index in [1.807, 2.05) is 56.3 Å². The van der Waals surface area contributed by atoms with E-state index in [2.05, 4.69) is 5.32 Å². The molecule has 0 saturated heterocycles. The Hall–Kier alpha value is -3.25. The summed E-state index contributed by atoms with van der Waals surface area (Å²) in [5, 5.41) is 4.01. The molecule has 0 bridgehead atoms. The summed E-state index contributed by atoms with van der Waals surface area (Å²) in [4.78, 5) is 26.5. The molecule has 0 unspecified atom stereocenters. The summed E-state index contributed by atoms with van der Waals surface area (Å²) in [5.74, 6) is 0.178. The Labute approximate surface area is 210 Å². The van der Waals surface area contributed by atoms with Gasteiger partial charge in [-0.15, -0.1) is 0 Å². The smallest absolute Gasteiger partial charge is 0.336 e. The third-order valence-electron chi connectivity index (χ3n) is 6.56. The van der Waals surface area contributed by atoms with Crippen LogP contribution in [0.25, 0.3) is 0 Å². The number of rotatable bonds is 7. The van der Waals surface area contributed by atoms with Crippen LogP contribution in [0, 0.1) is 0 Å². The van der Waals surface area contributed by atoms with Gasteiger partial charge in [-0.2, -0.15) is 0 Å². The molecule has 2 aliphatic rings. The monoisotopic (exact) mass is 495 g/mol. The Kier molecular flexibility index (Phi) is 7.51. The highest BCUT2D eigenvalue weighted by Crippen LogP contribution is 2.47. The number of esters is 1. The average Bonchev–Trinajstić information content (AvgIpc) is 2.86. The molecule has 1 N–H and O–H groups in total. The molecule has 2 atom stereocenters. The van der Waals surface area contributed by atoms with Crippen molar-refractivity contribution in [2.45, 2.75) is 44.9 Å². The number of carbonyl (C=O) groups excluding carboxylic acids is 2. The molecule has 2 aromatic carbocycles. The topological polar surface area (TPSA) is 73.9 Å². The summed E-state index contributed by atoms with van der Waals surface area (Å²) in [6, 6.07) is 13.2. The quantitative estimate of drug-likeness (QED) is 0.499. The normalized spacial score (nSPS) is 19.7. The van der Waals surface area contributed by atoms with Gasteiger partial charge in [-0.05, 0) is 61.1 Å². The highest BCUT2D eigenvalue weighted by molar-refractivity contribution is 6.30. The van der Waals surface area contributed by atoms with Crippen molar-refractivity contribution < 1.29 is 23.8 Å². The minimum atomic E-state index is -0.563. The number of carbonyl (C=O) groups is 2. The third kappa shape index (κ3) is 4.94. The molecule has 6 nitrogen and oxygen atoms in total. The van der Waals surface area contributed by atoms with Gasteiger partial charge in [0.05, 0.1) is 26.4 Å². The van der Waals surface area contributed by atoms with Crippen LogP contribution in [0.2, 0.25) is 5.02 Å². The molecule has 35 heavy (non-hydrogen) atoms. The fourth-order valence-electron chi connectivity index (χ4n) is 4.92. The van der Waals surface area contributed by atoms with Crippen molar-refractivity contribution in [3.05, 3.63) is 81.2 Å². The predicted octanol–water partition coefficient (Wildman–Crippen LogP) is 5.67. The van der Waals surface area contributed by atoms with Crippen LogP contribution in [0.5, 0.6) is 11.5 Å². The maximum atomic E-state index is 13.6. The lowest BCUT2D eigenvalue weighted by molar-refractivity contribution is -0.136. The zero-order valence-corrected chi connectivity index (χ0v) is 21.2. The molecule has 0 fully saturated rings. The van der Waals surface area contributed by atoms with Gasteiger partial charge in [0.1, 0.15) is 0 Å². The van der Waals surface area contributed by atoms with Gasteiger partial charge in [0.15, 0.2) is 17.3 Å². The summed E-state index contributed by atoms with van der Waals surface area (Å²) in [6.07, 6.45) is 1.87. The molecule has 1 aliphatic heterocycles. The second kappa shape index (κ2) is 10.6. The van der Waals surface area contributed by atoms with Gasteiger partial charge in [0, 0.05) is 34.3 Å². The fourth-order valence-corrected chi connectivity index (χ4v) is 5.04. The number of benzene rings is 2. The van der Waals surface area contributed by atoms with Crippen LogP contribution in [0.15, 0.2) is 65.0 Å². The zero-order chi connectivity index (χ0) is 25.1. The van der Waals surface area contributed by atoms with Crippen molar-refractivity contribution in [2.24, 2.45) is 0 Å². The first-order chi connectivity index (χ1) is 16.9. The van der Waals surface area contributed by atoms with Crippen molar-refractivity contribution in [3.63, 3.8) is 0 Å². The summed E-state index contributed by atoms with van der Waals surface area (Å²) in [6.45, 7) is 4.44. The standard InChI is InChI=1S/C28H30ClNO5/c1-5-12-35-23-11-8-18(15-24(23)33-3)26-25(28(32)34-4)16(2)30-21-13-19(14-22(31)27(21)26)17-6-9-20(29)10-7-17/h6-11,15,19,26,30H,5,12-14H2,1-4H3/t19-,26-/m0/s1. The van der Waals surface area contributed by atoms with Crippen molar-refractivity contribution in [3.8, 4) is 11.5 Å². The Balaban J connectivity index is 1.79. The van der Waals surface area contributed by atoms with Crippen molar-refractivity contribution >= 4 is 23.4 Å². The van der Waals surface area contributed by atoms with Gasteiger partial charge >= 0.3 is 5.97 Å². The Bertz CT molecular complexity index is 1200. The predicted molar refractivity (Wildman–Crippen MR) is 135 cm³/mol. The summed E-state index contributed by atoms with van der Waals surface area (Å²) >= 11 is 6.06. The van der Waals surface area contributed by atoms with E-state index < -0.39 is 11.9 Å². The lowest BCUT2D eigenvalue weighted by Crippen LogP contribution is -2.36. The van der Waals surface area contributed by atoms with Crippen molar-refractivity contribution in [1.82, 2.24) is 5.32 Å². The molecule has 1 aliphatic carbocycles. The number of allylic oxidation sites excluding steroid dienone is 3. The van der Waals surface area contributed by atoms with E-state index in [0.717, 1.165) is 23.2 Å². The fraction of sp³-hybridized carbons (Fsp3) is 0.357. The van der Waals surface area contributed by atoms with Gasteiger partial charge in [-0.3, -0.25) is 4.79 Å². The number of halogens is 1. The Morgan fingerprint density at radius 2 is 1.77 bits per heavy atom. The SMILES string of the molecule is CCCOc1ccc([C@H]2C(C(=O)OC)=C(C)NC3=C2C(=O)C[C@@H](c2ccc(Cl)cc2)C3)cc1OC. The maximum Gasteiger partial charge on any atom is 0.336 e. The molecule has 2 aromatic rings. The second-order valence-electron chi connectivity index (χ2n) is 8.82. The first kappa shape index (κ1) is 24.9. The van der Waals surface area contributed by atoms with E-state index in [1.54, 1.807) is 7.11 Å². The first-order valence-corrected chi connectivity index (χ1v) is 12.1. The molecule has 184 valence electrons. The molecule has 0 spiro atoms. The van der Waals surface area contributed by atoms with E-state index in [0.29, 0.717) is 52.8 Å². The van der Waals surface area contributed by atoms with E-state index in [-0.39, 0.29) is 11.7 Å². The number of methoxy groups -OCH3 is 2. The number of dihydropyridines is 1. The van der Waals surface area contributed by atoms with Gasteiger partial charge in [0.2, 0.25) is 0 Å². The second-order valence-corrected chi connectivity index (χ2v) is 9.26. The lowest BCUT2D eigenvalue weighted by atomic mass is 9.71. The molecular weight excluding hydrogens is 466 g/mol. The maximum absolute atomic E-state index is 13.6. The minimum Gasteiger partial charge on any atom is -0.493 e. The van der Waals surface area contributed by atoms with Crippen LogP contribution in [0.4, 0.5) is 0 Å². The molecule has 0 saturated carbocycles. The molecule has 1 heterocycles. The Morgan fingerprint density at radius 1 is 1.06 bits per heavy atom. The van der Waals surface area contributed by atoms with E-state index in [9.17, 15) is 9.59 Å². The molecule has 7 heteroatoms. The van der Waals surface area contributed by atoms with Gasteiger partial charge in [-0.1, -0.05) is 36.7 Å². The molecule has 0 aromatic heterocycles. The highest BCUT2D eigenvalue weighted by atomic mass is 35.5. The molecule has 0 amide bonds. The van der Waals surface area contributed by atoms with Gasteiger partial charge in [0.25, 0.3) is 0 Å². The van der Waals surface area contributed by atoms with Crippen LogP contribution < -0.4 is 14.8 Å². The number of nitrogens with one attached hydrogen (secondary N) is 1. The minimum absolute atomic E-state index is 0.00267. The van der Waals surface area contributed by atoms with Crippen molar-refractivity contribution in [2.75, 3.05) is 20.8 Å². The van der Waals surface area contributed by atoms with Crippen LogP contribution in [-0.2, 0) is 14.3 Å². The molecular formula is C28H30ClNO5. The van der Waals surface area contributed by atoms with Crippen molar-refractivity contribution in [1.29, 1.82) is 0 Å². The largest absolute Gasteiger partial charge is 0.493 e. The molecule has 0 radical (unpaired) electrons. The summed E-state index contributed by atoms with van der Waals surface area (Å²) in [5.41, 5.74) is 4.38. The Morgan fingerprint density at radius 3 is 2.43 bits per heavy atom. The highest BCUT2D eigenvalue weighted by Gasteiger charge is 2.41. The summed E-state index contributed by atoms with van der Waals surface area (Å²) < 4.78 is 16.5. The van der Waals surface area contributed by atoms with Crippen LogP contribution in [0.1, 0.15) is 56.1 Å². The number of hydrogen-bond acceptors (Lipinski definition) is 6. The van der Waals surface area contributed by atoms with Crippen LogP contribution in [-0.4, -0.2) is 32.6 Å².